The van der Waals surface area contributed by atoms with Gasteiger partial charge in [0, 0.05) is 17.1 Å². The number of carbonyl (C=O) groups is 1. The SMILES string of the molecule is CC(C)(C)OC(=O)Nc1ccc(Cl)c(CC2(O)CCNCC2)c1. The van der Waals surface area contributed by atoms with Crippen molar-refractivity contribution in [2.45, 2.75) is 51.2 Å². The second-order valence-corrected chi connectivity index (χ2v) is 7.49. The number of aliphatic hydroxyl groups is 1. The highest BCUT2D eigenvalue weighted by Crippen LogP contribution is 2.29. The summed E-state index contributed by atoms with van der Waals surface area (Å²) in [4.78, 5) is 11.9. The number of rotatable bonds is 3. The number of hydrogen-bond acceptors (Lipinski definition) is 4. The van der Waals surface area contributed by atoms with Gasteiger partial charge in [0.05, 0.1) is 5.60 Å². The van der Waals surface area contributed by atoms with Gasteiger partial charge in [-0.05, 0) is 70.5 Å². The average Bonchev–Trinajstić information content (AvgIpc) is 2.41. The summed E-state index contributed by atoms with van der Waals surface area (Å²) >= 11 is 6.25. The number of amides is 1. The summed E-state index contributed by atoms with van der Waals surface area (Å²) in [6.07, 6.45) is 1.34. The number of benzene rings is 1. The number of hydrogen-bond donors (Lipinski definition) is 3. The highest BCUT2D eigenvalue weighted by molar-refractivity contribution is 6.31. The maximum atomic E-state index is 11.9. The predicted octanol–water partition coefficient (Wildman–Crippen LogP) is 3.34. The molecule has 6 heteroatoms. The van der Waals surface area contributed by atoms with Crippen LogP contribution < -0.4 is 10.6 Å². The van der Waals surface area contributed by atoms with Crippen LogP contribution in [0.2, 0.25) is 5.02 Å². The van der Waals surface area contributed by atoms with Crippen LogP contribution in [0.4, 0.5) is 10.5 Å². The Balaban J connectivity index is 2.08. The quantitative estimate of drug-likeness (QED) is 0.789. The summed E-state index contributed by atoms with van der Waals surface area (Å²) in [5, 5.41) is 17.2. The monoisotopic (exact) mass is 340 g/mol. The molecular formula is C17H25ClN2O3. The van der Waals surface area contributed by atoms with Gasteiger partial charge < -0.3 is 15.2 Å². The molecule has 0 saturated carbocycles. The zero-order chi connectivity index (χ0) is 17.1. The minimum Gasteiger partial charge on any atom is -0.444 e. The van der Waals surface area contributed by atoms with E-state index in [4.69, 9.17) is 16.3 Å². The molecule has 1 aliphatic rings. The molecule has 0 spiro atoms. The van der Waals surface area contributed by atoms with Gasteiger partial charge in [-0.3, -0.25) is 5.32 Å². The summed E-state index contributed by atoms with van der Waals surface area (Å²) in [5.41, 5.74) is 0.129. The zero-order valence-electron chi connectivity index (χ0n) is 13.9. The summed E-state index contributed by atoms with van der Waals surface area (Å²) in [7, 11) is 0. The van der Waals surface area contributed by atoms with Gasteiger partial charge in [0.25, 0.3) is 0 Å². The first-order valence-corrected chi connectivity index (χ1v) is 8.26. The second kappa shape index (κ2) is 7.07. The molecule has 0 aliphatic carbocycles. The lowest BCUT2D eigenvalue weighted by molar-refractivity contribution is 0.0109. The molecule has 1 heterocycles. The second-order valence-electron chi connectivity index (χ2n) is 7.08. The molecule has 5 nitrogen and oxygen atoms in total. The summed E-state index contributed by atoms with van der Waals surface area (Å²) in [6, 6.07) is 5.25. The summed E-state index contributed by atoms with van der Waals surface area (Å²) in [5.74, 6) is 0. The lowest BCUT2D eigenvalue weighted by Gasteiger charge is -2.33. The van der Waals surface area contributed by atoms with E-state index in [2.05, 4.69) is 10.6 Å². The maximum Gasteiger partial charge on any atom is 0.412 e. The van der Waals surface area contributed by atoms with Crippen LogP contribution in [0.1, 0.15) is 39.2 Å². The van der Waals surface area contributed by atoms with Crippen LogP contribution in [0.5, 0.6) is 0 Å². The molecule has 1 amide bonds. The molecular weight excluding hydrogens is 316 g/mol. The molecule has 0 unspecified atom stereocenters. The minimum absolute atomic E-state index is 0.470. The first-order valence-electron chi connectivity index (χ1n) is 7.88. The van der Waals surface area contributed by atoms with E-state index in [1.165, 1.54) is 0 Å². The normalized spacial score (nSPS) is 17.6. The van der Waals surface area contributed by atoms with E-state index in [0.29, 0.717) is 30.0 Å². The molecule has 3 N–H and O–H groups in total. The number of nitrogens with one attached hydrogen (secondary N) is 2. The number of carbonyl (C=O) groups excluding carboxylic acids is 1. The summed E-state index contributed by atoms with van der Waals surface area (Å²) in [6.45, 7) is 7.03. The van der Waals surface area contributed by atoms with Gasteiger partial charge in [-0.25, -0.2) is 4.79 Å². The van der Waals surface area contributed by atoms with Crippen LogP contribution in [0.15, 0.2) is 18.2 Å². The molecule has 0 atom stereocenters. The van der Waals surface area contributed by atoms with Gasteiger partial charge >= 0.3 is 6.09 Å². The van der Waals surface area contributed by atoms with Gasteiger partial charge in [0.1, 0.15) is 5.60 Å². The van der Waals surface area contributed by atoms with Crippen molar-refractivity contribution in [3.8, 4) is 0 Å². The molecule has 23 heavy (non-hydrogen) atoms. The third-order valence-corrected chi connectivity index (χ3v) is 4.11. The van der Waals surface area contributed by atoms with E-state index < -0.39 is 17.3 Å². The van der Waals surface area contributed by atoms with Crippen molar-refractivity contribution in [1.29, 1.82) is 0 Å². The van der Waals surface area contributed by atoms with Crippen LogP contribution >= 0.6 is 11.6 Å². The molecule has 0 bridgehead atoms. The number of piperidine rings is 1. The smallest absolute Gasteiger partial charge is 0.412 e. The van der Waals surface area contributed by atoms with E-state index in [0.717, 1.165) is 18.7 Å². The first-order chi connectivity index (χ1) is 10.7. The van der Waals surface area contributed by atoms with Crippen molar-refractivity contribution in [2.24, 2.45) is 0 Å². The van der Waals surface area contributed by atoms with E-state index in [1.807, 2.05) is 20.8 Å². The van der Waals surface area contributed by atoms with Gasteiger partial charge in [0.15, 0.2) is 0 Å². The van der Waals surface area contributed by atoms with E-state index >= 15 is 0 Å². The topological polar surface area (TPSA) is 70.6 Å². The Morgan fingerprint density at radius 3 is 2.65 bits per heavy atom. The van der Waals surface area contributed by atoms with Crippen molar-refractivity contribution in [3.05, 3.63) is 28.8 Å². The van der Waals surface area contributed by atoms with E-state index in [-0.39, 0.29) is 0 Å². The Labute approximate surface area is 142 Å². The highest BCUT2D eigenvalue weighted by Gasteiger charge is 2.30. The van der Waals surface area contributed by atoms with Gasteiger partial charge in [-0.1, -0.05) is 11.6 Å². The number of ether oxygens (including phenoxy) is 1. The van der Waals surface area contributed by atoms with Crippen LogP contribution in [0.3, 0.4) is 0 Å². The van der Waals surface area contributed by atoms with Gasteiger partial charge in [0.2, 0.25) is 0 Å². The van der Waals surface area contributed by atoms with Crippen LogP contribution in [-0.2, 0) is 11.2 Å². The van der Waals surface area contributed by atoms with Crippen molar-refractivity contribution in [2.75, 3.05) is 18.4 Å². The van der Waals surface area contributed by atoms with Crippen molar-refractivity contribution in [1.82, 2.24) is 5.32 Å². The van der Waals surface area contributed by atoms with E-state index in [9.17, 15) is 9.90 Å². The van der Waals surface area contributed by atoms with Crippen LogP contribution in [0.25, 0.3) is 0 Å². The average molecular weight is 341 g/mol. The Hall–Kier alpha value is -1.30. The molecule has 2 rings (SSSR count). The molecule has 128 valence electrons. The Kier molecular flexibility index (Phi) is 5.55. The summed E-state index contributed by atoms with van der Waals surface area (Å²) < 4.78 is 5.24. The zero-order valence-corrected chi connectivity index (χ0v) is 14.7. The molecule has 1 saturated heterocycles. The van der Waals surface area contributed by atoms with Crippen LogP contribution in [-0.4, -0.2) is 35.5 Å². The third kappa shape index (κ3) is 5.68. The molecule has 1 fully saturated rings. The van der Waals surface area contributed by atoms with Gasteiger partial charge in [-0.15, -0.1) is 0 Å². The fourth-order valence-electron chi connectivity index (χ4n) is 2.63. The molecule has 0 aromatic heterocycles. The third-order valence-electron chi connectivity index (χ3n) is 3.74. The molecule has 0 radical (unpaired) electrons. The predicted molar refractivity (Wildman–Crippen MR) is 92.1 cm³/mol. The Morgan fingerprint density at radius 2 is 2.04 bits per heavy atom. The van der Waals surface area contributed by atoms with Gasteiger partial charge in [-0.2, -0.15) is 0 Å². The Morgan fingerprint density at radius 1 is 1.39 bits per heavy atom. The first kappa shape index (κ1) is 18.0. The molecule has 1 aromatic carbocycles. The number of halogens is 1. The van der Waals surface area contributed by atoms with Crippen molar-refractivity contribution in [3.63, 3.8) is 0 Å². The minimum atomic E-state index is -0.751. The number of anilines is 1. The van der Waals surface area contributed by atoms with Crippen LogP contribution in [0, 0.1) is 0 Å². The fourth-order valence-corrected chi connectivity index (χ4v) is 2.82. The fraction of sp³-hybridized carbons (Fsp3) is 0.588. The lowest BCUT2D eigenvalue weighted by atomic mass is 9.86. The lowest BCUT2D eigenvalue weighted by Crippen LogP contribution is -2.43. The standard InChI is InChI=1S/C17H25ClN2O3/c1-16(2,3)23-15(21)20-13-4-5-14(18)12(10-13)11-17(22)6-8-19-9-7-17/h4-5,10,19,22H,6-9,11H2,1-3H3,(H,20,21). The van der Waals surface area contributed by atoms with Crippen molar-refractivity contribution >= 4 is 23.4 Å². The van der Waals surface area contributed by atoms with E-state index in [1.54, 1.807) is 18.2 Å². The molecule has 1 aliphatic heterocycles. The molecule has 1 aromatic rings. The Bertz CT molecular complexity index is 563. The maximum absolute atomic E-state index is 11.9. The highest BCUT2D eigenvalue weighted by atomic mass is 35.5. The largest absolute Gasteiger partial charge is 0.444 e. The van der Waals surface area contributed by atoms with Crippen molar-refractivity contribution < 1.29 is 14.6 Å².